The van der Waals surface area contributed by atoms with E-state index in [1.807, 2.05) is 0 Å². The van der Waals surface area contributed by atoms with Crippen molar-refractivity contribution in [3.8, 4) is 22.4 Å². The summed E-state index contributed by atoms with van der Waals surface area (Å²) in [4.78, 5) is 0. The Balaban J connectivity index is 1.79. The first-order valence-corrected chi connectivity index (χ1v) is 13.1. The summed E-state index contributed by atoms with van der Waals surface area (Å²) >= 11 is 0. The van der Waals surface area contributed by atoms with Gasteiger partial charge < -0.3 is 0 Å². The van der Waals surface area contributed by atoms with Crippen LogP contribution in [0.4, 0.5) is 0 Å². The van der Waals surface area contributed by atoms with E-state index in [-0.39, 0.29) is 5.41 Å². The van der Waals surface area contributed by atoms with Crippen LogP contribution in [0.15, 0.2) is 60.6 Å². The first kappa shape index (κ1) is 22.5. The molecule has 0 bridgehead atoms. The van der Waals surface area contributed by atoms with E-state index in [4.69, 9.17) is 1.37 Å². The van der Waals surface area contributed by atoms with Crippen LogP contribution in [0.25, 0.3) is 33.2 Å². The third kappa shape index (κ3) is 3.63. The summed E-state index contributed by atoms with van der Waals surface area (Å²) < 4.78 is 11.3. The number of aryl methyl sites for hydroxylation is 1. The quantitative estimate of drug-likeness (QED) is 0.267. The van der Waals surface area contributed by atoms with Gasteiger partial charge in [0.05, 0.1) is 12.3 Å². The Hall–Kier alpha value is -2.93. The third-order valence-electron chi connectivity index (χ3n) is 8.46. The Labute approximate surface area is 213 Å². The fourth-order valence-corrected chi connectivity index (χ4v) is 6.68. The van der Waals surface area contributed by atoms with Gasteiger partial charge in [-0.15, -0.1) is 0 Å². The lowest BCUT2D eigenvalue weighted by Crippen LogP contribution is -2.35. The molecular formula is C34H40N+. The maximum absolute atomic E-state index is 9.05. The molecule has 0 saturated heterocycles. The number of rotatable bonds is 4. The maximum atomic E-state index is 9.05. The zero-order valence-electron chi connectivity index (χ0n) is 23.9. The Kier molecular flexibility index (Phi) is 5.36. The largest absolute Gasteiger partial charge is 0.220 e. The van der Waals surface area contributed by atoms with Gasteiger partial charge >= 0.3 is 0 Å². The summed E-state index contributed by atoms with van der Waals surface area (Å²) in [6, 6.07) is 21.2. The molecule has 0 spiro atoms. The first-order chi connectivity index (χ1) is 16.9. The predicted octanol–water partition coefficient (Wildman–Crippen LogP) is 8.65. The summed E-state index contributed by atoms with van der Waals surface area (Å²) in [6.07, 6.45) is 0. The van der Waals surface area contributed by atoms with Crippen molar-refractivity contribution < 1.29 is 5.94 Å². The minimum absolute atomic E-state index is 0.0396. The number of fused-ring (bicyclic) bond motifs is 4. The fraction of sp³-hybridized carbons (Fsp3) is 0.382. The molecule has 0 atom stereocenters. The van der Waals surface area contributed by atoms with Crippen LogP contribution in [0.1, 0.15) is 76.8 Å². The van der Waals surface area contributed by atoms with Crippen LogP contribution in [0, 0.1) is 25.7 Å². The molecule has 180 valence electrons. The van der Waals surface area contributed by atoms with Crippen LogP contribution in [0.5, 0.6) is 0 Å². The van der Waals surface area contributed by atoms with Gasteiger partial charge in [-0.2, -0.15) is 4.57 Å². The Morgan fingerprint density at radius 1 is 0.800 bits per heavy atom. The Morgan fingerprint density at radius 2 is 1.49 bits per heavy atom. The second-order valence-electron chi connectivity index (χ2n) is 11.8. The van der Waals surface area contributed by atoms with E-state index in [0.29, 0.717) is 23.8 Å². The highest BCUT2D eigenvalue weighted by molar-refractivity contribution is 5.95. The number of nitrogens with zero attached hydrogens (tertiary/aromatic N) is 1. The molecule has 1 aromatic heterocycles. The highest BCUT2D eigenvalue weighted by Crippen LogP contribution is 2.50. The normalized spacial score (nSPS) is 14.7. The second-order valence-corrected chi connectivity index (χ2v) is 11.8. The molecule has 0 saturated carbocycles. The molecule has 1 aliphatic rings. The molecule has 0 fully saturated rings. The summed E-state index contributed by atoms with van der Waals surface area (Å²) in [7, 11) is 2.12. The Bertz CT molecular complexity index is 1500. The highest BCUT2D eigenvalue weighted by atomic mass is 14.9. The molecule has 4 aromatic rings. The van der Waals surface area contributed by atoms with E-state index in [1.165, 1.54) is 50.0 Å². The van der Waals surface area contributed by atoms with Gasteiger partial charge in [0.2, 0.25) is 5.69 Å². The number of hydrogen-bond donors (Lipinski definition) is 0. The van der Waals surface area contributed by atoms with Gasteiger partial charge in [0, 0.05) is 18.4 Å². The number of aromatic nitrogens is 1. The van der Waals surface area contributed by atoms with Crippen LogP contribution < -0.4 is 4.57 Å². The van der Waals surface area contributed by atoms with E-state index >= 15 is 0 Å². The summed E-state index contributed by atoms with van der Waals surface area (Å²) in [5.41, 5.74) is 11.6. The van der Waals surface area contributed by atoms with E-state index in [1.54, 1.807) is 0 Å². The molecule has 35 heavy (non-hydrogen) atoms. The van der Waals surface area contributed by atoms with Gasteiger partial charge in [-0.1, -0.05) is 84.0 Å². The zero-order valence-corrected chi connectivity index (χ0v) is 22.9. The molecule has 1 aliphatic carbocycles. The number of benzene rings is 3. The second kappa shape index (κ2) is 8.33. The van der Waals surface area contributed by atoms with E-state index < -0.39 is 0 Å². The highest BCUT2D eigenvalue weighted by Gasteiger charge is 2.36. The molecule has 3 aromatic carbocycles. The fourth-order valence-electron chi connectivity index (χ4n) is 6.68. The average molecular weight is 464 g/mol. The van der Waals surface area contributed by atoms with Crippen molar-refractivity contribution in [1.29, 1.82) is 0 Å². The van der Waals surface area contributed by atoms with Gasteiger partial charge in [-0.25, -0.2) is 0 Å². The van der Waals surface area contributed by atoms with Crippen LogP contribution in [-0.4, -0.2) is 0 Å². The average Bonchev–Trinajstić information content (AvgIpc) is 3.04. The third-order valence-corrected chi connectivity index (χ3v) is 8.46. The van der Waals surface area contributed by atoms with Crippen molar-refractivity contribution in [3.63, 3.8) is 0 Å². The smallest absolute Gasteiger partial charge is 0.198 e. The molecule has 1 nitrogen and oxygen atoms in total. The van der Waals surface area contributed by atoms with Gasteiger partial charge in [-0.3, -0.25) is 0 Å². The van der Waals surface area contributed by atoms with Gasteiger partial charge in [0.15, 0.2) is 5.69 Å². The monoisotopic (exact) mass is 463 g/mol. The molecule has 1 heteroatoms. The molecule has 0 radical (unpaired) electrons. The maximum Gasteiger partial charge on any atom is 0.220 e. The van der Waals surface area contributed by atoms with Crippen molar-refractivity contribution in [2.75, 3.05) is 0 Å². The molecular weight excluding hydrogens is 422 g/mol. The topological polar surface area (TPSA) is 3.88 Å². The summed E-state index contributed by atoms with van der Waals surface area (Å²) in [5, 5.41) is 2.23. The van der Waals surface area contributed by atoms with E-state index in [9.17, 15) is 0 Å². The molecule has 0 N–H and O–H groups in total. The van der Waals surface area contributed by atoms with Crippen molar-refractivity contribution in [2.24, 2.45) is 18.9 Å². The SMILES string of the molecule is [2H]c1c(C)[n+](C)c(-c2cc3c(cc2C)-c2ccccc2C3(C)C)c2ccc(C(C(C)C)C(C)C)cc12. The lowest BCUT2D eigenvalue weighted by molar-refractivity contribution is -0.665. The van der Waals surface area contributed by atoms with Gasteiger partial charge in [-0.05, 0) is 75.6 Å². The lowest BCUT2D eigenvalue weighted by atomic mass is 9.79. The molecule has 0 amide bonds. The molecule has 0 unspecified atom stereocenters. The van der Waals surface area contributed by atoms with Gasteiger partial charge in [0.1, 0.15) is 7.05 Å². The zero-order chi connectivity index (χ0) is 26.1. The van der Waals surface area contributed by atoms with Crippen LogP contribution >= 0.6 is 0 Å². The van der Waals surface area contributed by atoms with Crippen LogP contribution in [0.3, 0.4) is 0 Å². The van der Waals surface area contributed by atoms with Gasteiger partial charge in [0.25, 0.3) is 0 Å². The summed E-state index contributed by atoms with van der Waals surface area (Å²) in [5.74, 6) is 1.59. The van der Waals surface area contributed by atoms with E-state index in [2.05, 4.69) is 122 Å². The van der Waals surface area contributed by atoms with Crippen LogP contribution in [0.2, 0.25) is 0 Å². The molecule has 1 heterocycles. The number of pyridine rings is 1. The van der Waals surface area contributed by atoms with Crippen molar-refractivity contribution in [3.05, 3.63) is 88.6 Å². The lowest BCUT2D eigenvalue weighted by Gasteiger charge is -2.26. The molecule has 0 aliphatic heterocycles. The van der Waals surface area contributed by atoms with Crippen molar-refractivity contribution >= 4 is 10.8 Å². The standard InChI is InChI=1S/C34H40N/c1-20(2)32(21(3)4)24-14-15-26-25(18-24)17-23(6)35(9)33(26)28-19-31-29(16-22(28)5)27-12-10-11-13-30(27)34(31,7)8/h10-21,32H,1-9H3/q+1/i17D. The minimum atomic E-state index is -0.0396. The molecule has 5 rings (SSSR count). The number of hydrogen-bond acceptors (Lipinski definition) is 0. The Morgan fingerprint density at radius 3 is 2.17 bits per heavy atom. The van der Waals surface area contributed by atoms with Crippen LogP contribution in [-0.2, 0) is 12.5 Å². The predicted molar refractivity (Wildman–Crippen MR) is 150 cm³/mol. The minimum Gasteiger partial charge on any atom is -0.198 e. The van der Waals surface area contributed by atoms with E-state index in [0.717, 1.165) is 11.1 Å². The van der Waals surface area contributed by atoms with Crippen molar-refractivity contribution in [1.82, 2.24) is 0 Å². The first-order valence-electron chi connectivity index (χ1n) is 13.6. The summed E-state index contributed by atoms with van der Waals surface area (Å²) in [6.45, 7) is 18.3. The van der Waals surface area contributed by atoms with Crippen molar-refractivity contribution in [2.45, 2.75) is 66.7 Å².